The van der Waals surface area contributed by atoms with Gasteiger partial charge in [0.1, 0.15) is 0 Å². The van der Waals surface area contributed by atoms with E-state index < -0.39 is 0 Å². The molecule has 102 valence electrons. The summed E-state index contributed by atoms with van der Waals surface area (Å²) < 4.78 is 2.44. The first-order valence-electron chi connectivity index (χ1n) is 6.30. The Balaban J connectivity index is 1.86. The van der Waals surface area contributed by atoms with Crippen LogP contribution < -0.4 is 11.3 Å². The van der Waals surface area contributed by atoms with Gasteiger partial charge in [-0.05, 0) is 69.8 Å². The summed E-state index contributed by atoms with van der Waals surface area (Å²) in [5, 5.41) is 2.06. The van der Waals surface area contributed by atoms with Crippen LogP contribution in [0.3, 0.4) is 0 Å². The number of benzene rings is 1. The van der Waals surface area contributed by atoms with Gasteiger partial charge in [-0.1, -0.05) is 12.1 Å². The van der Waals surface area contributed by atoms with Crippen LogP contribution in [0.15, 0.2) is 48.0 Å². The van der Waals surface area contributed by atoms with Gasteiger partial charge >= 0.3 is 0 Å². The third-order valence-electron chi connectivity index (χ3n) is 3.28. The van der Waals surface area contributed by atoms with Crippen LogP contribution in [0.4, 0.5) is 0 Å². The summed E-state index contributed by atoms with van der Waals surface area (Å²) >= 11 is 4.02. The molecular weight excluding hydrogens is 381 g/mol. The molecule has 3 rings (SSSR count). The minimum absolute atomic E-state index is 0.0778. The summed E-state index contributed by atoms with van der Waals surface area (Å²) in [6.45, 7) is 0. The number of thiophene rings is 1. The number of hydrazine groups is 1. The Bertz CT molecular complexity index is 708. The minimum Gasteiger partial charge on any atom is -0.271 e. The van der Waals surface area contributed by atoms with Crippen LogP contribution >= 0.6 is 33.9 Å². The van der Waals surface area contributed by atoms with Gasteiger partial charge in [0.2, 0.25) is 0 Å². The maximum absolute atomic E-state index is 5.73. The fourth-order valence-electron chi connectivity index (χ4n) is 2.18. The molecule has 3 N–H and O–H groups in total. The molecule has 0 fully saturated rings. The van der Waals surface area contributed by atoms with Crippen molar-refractivity contribution in [3.05, 3.63) is 62.7 Å². The zero-order valence-electron chi connectivity index (χ0n) is 10.7. The third-order valence-corrected chi connectivity index (χ3v) is 4.85. The Hall–Kier alpha value is -1.02. The van der Waals surface area contributed by atoms with Gasteiger partial charge in [0.15, 0.2) is 0 Å². The normalized spacial score (nSPS) is 12.7. The molecule has 0 radical (unpaired) electrons. The highest BCUT2D eigenvalue weighted by atomic mass is 127. The Labute approximate surface area is 135 Å². The first-order chi connectivity index (χ1) is 9.76. The first kappa shape index (κ1) is 13.9. The topological polar surface area (TPSA) is 50.9 Å². The Kier molecular flexibility index (Phi) is 4.30. The van der Waals surface area contributed by atoms with Gasteiger partial charge in [-0.15, -0.1) is 11.3 Å². The van der Waals surface area contributed by atoms with Crippen molar-refractivity contribution in [2.24, 2.45) is 5.84 Å². The molecule has 1 atom stereocenters. The summed E-state index contributed by atoms with van der Waals surface area (Å²) in [6, 6.07) is 12.8. The Morgan fingerprint density at radius 3 is 2.80 bits per heavy atom. The highest BCUT2D eigenvalue weighted by Crippen LogP contribution is 2.24. The molecule has 2 heterocycles. The number of rotatable bonds is 4. The number of nitrogens with one attached hydrogen (secondary N) is 1. The van der Waals surface area contributed by atoms with Crippen LogP contribution in [-0.2, 0) is 6.42 Å². The molecule has 0 saturated carbocycles. The molecule has 20 heavy (non-hydrogen) atoms. The van der Waals surface area contributed by atoms with E-state index in [1.54, 1.807) is 11.3 Å². The number of pyridine rings is 1. The number of hydrogen-bond acceptors (Lipinski definition) is 4. The molecule has 0 saturated heterocycles. The maximum atomic E-state index is 5.73. The van der Waals surface area contributed by atoms with Crippen LogP contribution in [0.5, 0.6) is 0 Å². The van der Waals surface area contributed by atoms with Crippen molar-refractivity contribution in [1.29, 1.82) is 0 Å². The summed E-state index contributed by atoms with van der Waals surface area (Å²) in [7, 11) is 0. The van der Waals surface area contributed by atoms with Crippen molar-refractivity contribution in [3.8, 4) is 0 Å². The number of fused-ring (bicyclic) bond motifs is 1. The van der Waals surface area contributed by atoms with Crippen molar-refractivity contribution in [3.63, 3.8) is 0 Å². The highest BCUT2D eigenvalue weighted by Gasteiger charge is 2.12. The lowest BCUT2D eigenvalue weighted by Crippen LogP contribution is -2.29. The average molecular weight is 395 g/mol. The lowest BCUT2D eigenvalue weighted by Gasteiger charge is -2.16. The number of halogens is 1. The molecule has 1 unspecified atom stereocenters. The summed E-state index contributed by atoms with van der Waals surface area (Å²) in [5.41, 5.74) is 6.34. The van der Waals surface area contributed by atoms with E-state index in [-0.39, 0.29) is 6.04 Å². The predicted molar refractivity (Wildman–Crippen MR) is 92.5 cm³/mol. The monoisotopic (exact) mass is 395 g/mol. The smallest absolute Gasteiger partial charge is 0.0809 e. The second-order valence-corrected chi connectivity index (χ2v) is 6.82. The van der Waals surface area contributed by atoms with Gasteiger partial charge in [0.05, 0.1) is 16.3 Å². The lowest BCUT2D eigenvalue weighted by atomic mass is 10.0. The summed E-state index contributed by atoms with van der Waals surface area (Å²) in [6.07, 6.45) is 2.76. The zero-order valence-corrected chi connectivity index (χ0v) is 13.7. The zero-order chi connectivity index (χ0) is 13.9. The van der Waals surface area contributed by atoms with E-state index in [1.807, 2.05) is 12.3 Å². The lowest BCUT2D eigenvalue weighted by molar-refractivity contribution is 0.551. The van der Waals surface area contributed by atoms with Crippen LogP contribution in [0.1, 0.15) is 17.2 Å². The van der Waals surface area contributed by atoms with Crippen LogP contribution in [0, 0.1) is 3.57 Å². The van der Waals surface area contributed by atoms with Crippen LogP contribution in [0.25, 0.3) is 10.2 Å². The summed E-state index contributed by atoms with van der Waals surface area (Å²) in [5.74, 6) is 5.73. The Morgan fingerprint density at radius 1 is 1.25 bits per heavy atom. The largest absolute Gasteiger partial charge is 0.271 e. The van der Waals surface area contributed by atoms with E-state index in [2.05, 4.69) is 68.7 Å². The second-order valence-electron chi connectivity index (χ2n) is 4.62. The summed E-state index contributed by atoms with van der Waals surface area (Å²) in [4.78, 5) is 4.48. The molecule has 0 aliphatic rings. The van der Waals surface area contributed by atoms with E-state index in [4.69, 9.17) is 5.84 Å². The SMILES string of the molecule is NNC(Cc1ccc(I)cc1)c1cnc2ccsc2c1. The maximum Gasteiger partial charge on any atom is 0.0809 e. The van der Waals surface area contributed by atoms with Gasteiger partial charge < -0.3 is 0 Å². The number of aromatic nitrogens is 1. The standard InChI is InChI=1S/C15H14IN3S/c16-12-3-1-10(2-4-12)7-14(19-17)11-8-15-13(18-9-11)5-6-20-15/h1-6,8-9,14,19H,7,17H2. The molecule has 2 aromatic heterocycles. The molecule has 0 spiro atoms. The van der Waals surface area contributed by atoms with Gasteiger partial charge in [-0.3, -0.25) is 16.3 Å². The predicted octanol–water partition coefficient (Wildman–Crippen LogP) is 3.65. The molecule has 5 heteroatoms. The van der Waals surface area contributed by atoms with Crippen molar-refractivity contribution < 1.29 is 0 Å². The van der Waals surface area contributed by atoms with Crippen LogP contribution in [-0.4, -0.2) is 4.98 Å². The molecule has 0 bridgehead atoms. The van der Waals surface area contributed by atoms with Crippen LogP contribution in [0.2, 0.25) is 0 Å². The minimum atomic E-state index is 0.0778. The molecule has 3 aromatic rings. The second kappa shape index (κ2) is 6.17. The van der Waals surface area contributed by atoms with Crippen molar-refractivity contribution >= 4 is 44.1 Å². The Morgan fingerprint density at radius 2 is 2.05 bits per heavy atom. The average Bonchev–Trinajstić information content (AvgIpc) is 2.94. The van der Waals surface area contributed by atoms with E-state index in [9.17, 15) is 0 Å². The number of nitrogens with two attached hydrogens (primary N) is 1. The van der Waals surface area contributed by atoms with Gasteiger partial charge in [0.25, 0.3) is 0 Å². The van der Waals surface area contributed by atoms with Crippen molar-refractivity contribution in [2.45, 2.75) is 12.5 Å². The van der Waals surface area contributed by atoms with Crippen molar-refractivity contribution in [2.75, 3.05) is 0 Å². The van der Waals surface area contributed by atoms with E-state index in [1.165, 1.54) is 13.8 Å². The van der Waals surface area contributed by atoms with Gasteiger partial charge in [-0.2, -0.15) is 0 Å². The fourth-order valence-corrected chi connectivity index (χ4v) is 3.33. The molecule has 3 nitrogen and oxygen atoms in total. The molecular formula is C15H14IN3S. The first-order valence-corrected chi connectivity index (χ1v) is 8.26. The van der Waals surface area contributed by atoms with E-state index >= 15 is 0 Å². The van der Waals surface area contributed by atoms with E-state index in [0.29, 0.717) is 0 Å². The van der Waals surface area contributed by atoms with E-state index in [0.717, 1.165) is 17.5 Å². The molecule has 1 aromatic carbocycles. The molecule has 0 amide bonds. The highest BCUT2D eigenvalue weighted by molar-refractivity contribution is 14.1. The number of nitrogens with zero attached hydrogens (tertiary/aromatic N) is 1. The molecule has 0 aliphatic heterocycles. The molecule has 0 aliphatic carbocycles. The fraction of sp³-hybridized carbons (Fsp3) is 0.133. The van der Waals surface area contributed by atoms with Crippen molar-refractivity contribution in [1.82, 2.24) is 10.4 Å². The number of hydrogen-bond donors (Lipinski definition) is 2. The van der Waals surface area contributed by atoms with Gasteiger partial charge in [-0.25, -0.2) is 0 Å². The van der Waals surface area contributed by atoms with Gasteiger partial charge in [0, 0.05) is 9.77 Å². The quantitative estimate of drug-likeness (QED) is 0.403. The third kappa shape index (κ3) is 3.01.